The molecule has 1 aliphatic rings. The van der Waals surface area contributed by atoms with Crippen molar-refractivity contribution in [3.63, 3.8) is 0 Å². The fourth-order valence-corrected chi connectivity index (χ4v) is 3.73. The maximum atomic E-state index is 12.5. The van der Waals surface area contributed by atoms with E-state index in [9.17, 15) is 14.7 Å². The predicted molar refractivity (Wildman–Crippen MR) is 118 cm³/mol. The summed E-state index contributed by atoms with van der Waals surface area (Å²) in [6.07, 6.45) is 0. The van der Waals surface area contributed by atoms with Crippen LogP contribution in [0.15, 0.2) is 48.5 Å². The number of hydrogen-bond acceptors (Lipinski definition) is 5. The van der Waals surface area contributed by atoms with Crippen molar-refractivity contribution < 1.29 is 14.7 Å². The standard InChI is InChI=1S/C22H21ClN4O3/c1-26-8-10-27(11-9-26)20-13-17(22(29)30)16-12-14(6-7-19(16)25-20)24-21(28)15-4-2-3-5-18(15)23/h2-7,12-13H,8-11H2,1H3,(H,24,28)(H,29,30). The molecule has 0 radical (unpaired) electrons. The van der Waals surface area contributed by atoms with Gasteiger partial charge in [0.15, 0.2) is 0 Å². The van der Waals surface area contributed by atoms with E-state index in [-0.39, 0.29) is 11.5 Å². The van der Waals surface area contributed by atoms with Gasteiger partial charge in [0.25, 0.3) is 5.91 Å². The van der Waals surface area contributed by atoms with E-state index in [1.54, 1.807) is 48.5 Å². The second kappa shape index (κ2) is 8.30. The summed E-state index contributed by atoms with van der Waals surface area (Å²) in [7, 11) is 2.06. The minimum atomic E-state index is -1.03. The summed E-state index contributed by atoms with van der Waals surface area (Å²) >= 11 is 6.09. The van der Waals surface area contributed by atoms with Crippen molar-refractivity contribution in [2.75, 3.05) is 43.4 Å². The van der Waals surface area contributed by atoms with Crippen molar-refractivity contribution in [1.29, 1.82) is 0 Å². The summed E-state index contributed by atoms with van der Waals surface area (Å²) in [5.41, 5.74) is 1.55. The third-order valence-electron chi connectivity index (χ3n) is 5.23. The monoisotopic (exact) mass is 424 g/mol. The summed E-state index contributed by atoms with van der Waals surface area (Å²) in [5, 5.41) is 13.4. The molecule has 0 spiro atoms. The molecule has 3 aromatic rings. The summed E-state index contributed by atoms with van der Waals surface area (Å²) in [6, 6.07) is 13.4. The number of halogens is 1. The molecule has 0 bridgehead atoms. The van der Waals surface area contributed by atoms with Crippen LogP contribution < -0.4 is 10.2 Å². The van der Waals surface area contributed by atoms with Gasteiger partial charge in [-0.25, -0.2) is 9.78 Å². The average Bonchev–Trinajstić information content (AvgIpc) is 2.73. The van der Waals surface area contributed by atoms with E-state index in [2.05, 4.69) is 27.1 Å². The first-order valence-corrected chi connectivity index (χ1v) is 9.97. The minimum absolute atomic E-state index is 0.155. The molecule has 0 aliphatic carbocycles. The molecule has 7 nitrogen and oxygen atoms in total. The molecular weight excluding hydrogens is 404 g/mol. The summed E-state index contributed by atoms with van der Waals surface area (Å²) < 4.78 is 0. The van der Waals surface area contributed by atoms with Crippen LogP contribution in [0.5, 0.6) is 0 Å². The van der Waals surface area contributed by atoms with Gasteiger partial charge in [-0.3, -0.25) is 4.79 Å². The number of aromatic carboxylic acids is 1. The Morgan fingerprint density at radius 3 is 2.47 bits per heavy atom. The molecule has 1 fully saturated rings. The number of carbonyl (C=O) groups excluding carboxylic acids is 1. The number of nitrogens with one attached hydrogen (secondary N) is 1. The lowest BCUT2D eigenvalue weighted by Gasteiger charge is -2.33. The van der Waals surface area contributed by atoms with Gasteiger partial charge < -0.3 is 20.2 Å². The SMILES string of the molecule is CN1CCN(c2cc(C(=O)O)c3cc(NC(=O)c4ccccc4Cl)ccc3n2)CC1. The molecule has 2 N–H and O–H groups in total. The summed E-state index contributed by atoms with van der Waals surface area (Å²) in [5.74, 6) is -0.743. The Hall–Kier alpha value is -3.16. The molecule has 0 unspecified atom stereocenters. The molecule has 2 aromatic carbocycles. The number of anilines is 2. The maximum absolute atomic E-state index is 12.5. The van der Waals surface area contributed by atoms with Crippen molar-refractivity contribution in [3.8, 4) is 0 Å². The van der Waals surface area contributed by atoms with Crippen LogP contribution in [0.25, 0.3) is 10.9 Å². The number of rotatable bonds is 4. The third-order valence-corrected chi connectivity index (χ3v) is 5.56. The second-order valence-electron chi connectivity index (χ2n) is 7.29. The van der Waals surface area contributed by atoms with Crippen LogP contribution in [-0.4, -0.2) is 60.1 Å². The number of amides is 1. The van der Waals surface area contributed by atoms with Crippen molar-refractivity contribution in [2.45, 2.75) is 0 Å². The topological polar surface area (TPSA) is 85.8 Å². The van der Waals surface area contributed by atoms with E-state index in [1.807, 2.05) is 0 Å². The Bertz CT molecular complexity index is 1130. The Morgan fingerprint density at radius 2 is 1.77 bits per heavy atom. The second-order valence-corrected chi connectivity index (χ2v) is 7.70. The molecule has 0 saturated carbocycles. The smallest absolute Gasteiger partial charge is 0.336 e. The van der Waals surface area contributed by atoms with Crippen LogP contribution in [0.3, 0.4) is 0 Å². The first kappa shape index (κ1) is 20.1. The van der Waals surface area contributed by atoms with E-state index in [4.69, 9.17) is 11.6 Å². The molecule has 1 saturated heterocycles. The van der Waals surface area contributed by atoms with Crippen LogP contribution in [0.4, 0.5) is 11.5 Å². The Labute approximate surface area is 178 Å². The van der Waals surface area contributed by atoms with Gasteiger partial charge in [-0.2, -0.15) is 0 Å². The van der Waals surface area contributed by atoms with E-state index >= 15 is 0 Å². The average molecular weight is 425 g/mol. The number of piperazine rings is 1. The van der Waals surface area contributed by atoms with Crippen LogP contribution in [0, 0.1) is 0 Å². The van der Waals surface area contributed by atoms with Gasteiger partial charge >= 0.3 is 5.97 Å². The van der Waals surface area contributed by atoms with E-state index in [0.29, 0.717) is 33.0 Å². The van der Waals surface area contributed by atoms with E-state index in [0.717, 1.165) is 26.2 Å². The van der Waals surface area contributed by atoms with Crippen LogP contribution >= 0.6 is 11.6 Å². The van der Waals surface area contributed by atoms with Gasteiger partial charge in [0.2, 0.25) is 0 Å². The normalized spacial score (nSPS) is 14.7. The Kier molecular flexibility index (Phi) is 5.57. The fourth-order valence-electron chi connectivity index (χ4n) is 3.51. The minimum Gasteiger partial charge on any atom is -0.478 e. The molecule has 8 heteroatoms. The lowest BCUT2D eigenvalue weighted by atomic mass is 10.1. The Morgan fingerprint density at radius 1 is 1.03 bits per heavy atom. The number of carboxylic acids is 1. The maximum Gasteiger partial charge on any atom is 0.336 e. The van der Waals surface area contributed by atoms with Crippen LogP contribution in [0.1, 0.15) is 20.7 Å². The lowest BCUT2D eigenvalue weighted by molar-refractivity contribution is 0.0698. The van der Waals surface area contributed by atoms with Gasteiger partial charge in [-0.1, -0.05) is 23.7 Å². The molecule has 154 valence electrons. The highest BCUT2D eigenvalue weighted by Crippen LogP contribution is 2.27. The van der Waals surface area contributed by atoms with Crippen molar-refractivity contribution in [2.24, 2.45) is 0 Å². The molecule has 2 heterocycles. The summed E-state index contributed by atoms with van der Waals surface area (Å²) in [6.45, 7) is 3.38. The molecule has 1 aliphatic heterocycles. The largest absolute Gasteiger partial charge is 0.478 e. The summed E-state index contributed by atoms with van der Waals surface area (Å²) in [4.78, 5) is 33.5. The number of hydrogen-bond donors (Lipinski definition) is 2. The van der Waals surface area contributed by atoms with Gasteiger partial charge in [0.05, 0.1) is 21.7 Å². The van der Waals surface area contributed by atoms with Gasteiger partial charge in [0.1, 0.15) is 5.82 Å². The predicted octanol–water partition coefficient (Wildman–Crippen LogP) is 3.59. The van der Waals surface area contributed by atoms with Gasteiger partial charge in [-0.05, 0) is 43.4 Å². The highest BCUT2D eigenvalue weighted by molar-refractivity contribution is 6.34. The molecule has 30 heavy (non-hydrogen) atoms. The number of likely N-dealkylation sites (N-methyl/N-ethyl adjacent to an activating group) is 1. The zero-order chi connectivity index (χ0) is 21.3. The zero-order valence-corrected chi connectivity index (χ0v) is 17.2. The van der Waals surface area contributed by atoms with Crippen LogP contribution in [0.2, 0.25) is 5.02 Å². The quantitative estimate of drug-likeness (QED) is 0.665. The number of aromatic nitrogens is 1. The Balaban J connectivity index is 1.67. The lowest BCUT2D eigenvalue weighted by Crippen LogP contribution is -2.44. The molecule has 1 amide bonds. The zero-order valence-electron chi connectivity index (χ0n) is 16.4. The molecule has 4 rings (SSSR count). The van der Waals surface area contributed by atoms with E-state index in [1.165, 1.54) is 0 Å². The number of carboxylic acid groups (broad SMARTS) is 1. The van der Waals surface area contributed by atoms with Crippen molar-refractivity contribution in [1.82, 2.24) is 9.88 Å². The van der Waals surface area contributed by atoms with Gasteiger partial charge in [-0.15, -0.1) is 0 Å². The number of pyridine rings is 1. The first-order chi connectivity index (χ1) is 14.4. The first-order valence-electron chi connectivity index (χ1n) is 9.60. The third kappa shape index (κ3) is 4.08. The van der Waals surface area contributed by atoms with Crippen molar-refractivity contribution in [3.05, 3.63) is 64.7 Å². The highest BCUT2D eigenvalue weighted by atomic mass is 35.5. The molecule has 0 atom stereocenters. The number of carbonyl (C=O) groups is 2. The fraction of sp³-hybridized carbons (Fsp3) is 0.227. The molecular formula is C22H21ClN4O3. The molecule has 1 aromatic heterocycles. The van der Waals surface area contributed by atoms with E-state index < -0.39 is 5.97 Å². The van der Waals surface area contributed by atoms with Crippen LogP contribution in [-0.2, 0) is 0 Å². The van der Waals surface area contributed by atoms with Crippen molar-refractivity contribution >= 4 is 45.9 Å². The number of benzene rings is 2. The number of nitrogens with zero attached hydrogens (tertiary/aromatic N) is 3. The number of fused-ring (bicyclic) bond motifs is 1. The highest BCUT2D eigenvalue weighted by Gasteiger charge is 2.20. The van der Waals surface area contributed by atoms with Gasteiger partial charge in [0, 0.05) is 37.3 Å².